The van der Waals surface area contributed by atoms with Gasteiger partial charge in [0.15, 0.2) is 11.5 Å². The average molecular weight is 381 g/mol. The topological polar surface area (TPSA) is 57.3 Å². The molecule has 1 aliphatic rings. The summed E-state index contributed by atoms with van der Waals surface area (Å²) in [6.07, 6.45) is 1.78. The van der Waals surface area contributed by atoms with E-state index in [0.717, 1.165) is 38.9 Å². The van der Waals surface area contributed by atoms with Gasteiger partial charge in [0.2, 0.25) is 4.80 Å². The second kappa shape index (κ2) is 7.67. The fraction of sp³-hybridized carbons (Fsp3) is 0.200. The number of aromatic nitrogens is 1. The minimum atomic E-state index is 0.557. The molecule has 3 aromatic rings. The predicted molar refractivity (Wildman–Crippen MR) is 106 cm³/mol. The summed E-state index contributed by atoms with van der Waals surface area (Å²) in [5, 5.41) is 6.70. The van der Waals surface area contributed by atoms with Crippen molar-refractivity contribution in [3.63, 3.8) is 0 Å². The molecule has 0 saturated heterocycles. The van der Waals surface area contributed by atoms with Crippen molar-refractivity contribution < 1.29 is 14.2 Å². The Morgan fingerprint density at radius 2 is 1.93 bits per heavy atom. The quantitative estimate of drug-likeness (QED) is 0.651. The predicted octanol–water partition coefficient (Wildman–Crippen LogP) is 3.41. The van der Waals surface area contributed by atoms with Crippen molar-refractivity contribution in [2.24, 2.45) is 10.1 Å². The molecule has 0 unspecified atom stereocenters. The molecule has 2 aromatic carbocycles. The lowest BCUT2D eigenvalue weighted by atomic mass is 10.1. The van der Waals surface area contributed by atoms with Crippen molar-refractivity contribution in [2.75, 3.05) is 27.4 Å². The number of fused-ring (bicyclic) bond motifs is 1. The van der Waals surface area contributed by atoms with Crippen LogP contribution in [0.2, 0.25) is 0 Å². The van der Waals surface area contributed by atoms with Gasteiger partial charge in [-0.15, -0.1) is 11.3 Å². The third-order valence-electron chi connectivity index (χ3n) is 4.17. The summed E-state index contributed by atoms with van der Waals surface area (Å²) < 4.78 is 18.5. The zero-order chi connectivity index (χ0) is 18.6. The number of nitrogens with zero attached hydrogens (tertiary/aromatic N) is 3. The van der Waals surface area contributed by atoms with Gasteiger partial charge in [-0.3, -0.25) is 4.99 Å². The zero-order valence-corrected chi connectivity index (χ0v) is 15.9. The molecule has 138 valence electrons. The van der Waals surface area contributed by atoms with Gasteiger partial charge in [-0.2, -0.15) is 5.10 Å². The summed E-state index contributed by atoms with van der Waals surface area (Å²) in [5.41, 5.74) is 2.82. The summed E-state index contributed by atoms with van der Waals surface area (Å²) in [4.78, 5) is 5.14. The molecule has 27 heavy (non-hydrogen) atoms. The standard InChI is InChI=1S/C20H19N3O3S/c1-21-20-23(22-12-15-5-3-4-6-17(15)24-2)16(13-27-20)14-7-8-18-19(11-14)26-10-9-25-18/h3-8,11-13H,9-10H2,1-2H3/b21-20?,22-12+. The second-order valence-electron chi connectivity index (χ2n) is 5.78. The summed E-state index contributed by atoms with van der Waals surface area (Å²) in [6.45, 7) is 1.13. The summed E-state index contributed by atoms with van der Waals surface area (Å²) in [6, 6.07) is 13.7. The third-order valence-corrected chi connectivity index (χ3v) is 5.07. The van der Waals surface area contributed by atoms with Gasteiger partial charge in [0, 0.05) is 23.6 Å². The first-order valence-electron chi connectivity index (χ1n) is 8.51. The molecule has 1 aliphatic heterocycles. The fourth-order valence-corrected chi connectivity index (χ4v) is 3.66. The number of ether oxygens (including phenoxy) is 3. The first kappa shape index (κ1) is 17.4. The van der Waals surface area contributed by atoms with Crippen LogP contribution in [-0.2, 0) is 0 Å². The van der Waals surface area contributed by atoms with E-state index < -0.39 is 0 Å². The third kappa shape index (κ3) is 3.46. The average Bonchev–Trinajstić information content (AvgIpc) is 3.15. The first-order chi connectivity index (χ1) is 13.3. The lowest BCUT2D eigenvalue weighted by molar-refractivity contribution is 0.171. The van der Waals surface area contributed by atoms with E-state index in [9.17, 15) is 0 Å². The smallest absolute Gasteiger partial charge is 0.205 e. The van der Waals surface area contributed by atoms with Crippen LogP contribution in [0.1, 0.15) is 5.56 Å². The highest BCUT2D eigenvalue weighted by molar-refractivity contribution is 7.07. The number of methoxy groups -OCH3 is 1. The Labute approximate surface area is 161 Å². The first-order valence-corrected chi connectivity index (χ1v) is 9.39. The Hall–Kier alpha value is -3.06. The molecule has 0 spiro atoms. The van der Waals surface area contributed by atoms with E-state index >= 15 is 0 Å². The lowest BCUT2D eigenvalue weighted by Crippen LogP contribution is -2.15. The normalized spacial score (nSPS) is 13.9. The molecule has 7 heteroatoms. The maximum atomic E-state index is 5.71. The molecule has 6 nitrogen and oxygen atoms in total. The van der Waals surface area contributed by atoms with Crippen LogP contribution >= 0.6 is 11.3 Å². The molecule has 0 atom stereocenters. The van der Waals surface area contributed by atoms with Gasteiger partial charge in [0.25, 0.3) is 0 Å². The number of hydrogen-bond acceptors (Lipinski definition) is 6. The summed E-state index contributed by atoms with van der Waals surface area (Å²) in [5.74, 6) is 2.29. The van der Waals surface area contributed by atoms with E-state index in [1.165, 1.54) is 11.3 Å². The van der Waals surface area contributed by atoms with Crippen molar-refractivity contribution >= 4 is 17.6 Å². The van der Waals surface area contributed by atoms with Crippen LogP contribution < -0.4 is 19.0 Å². The lowest BCUT2D eigenvalue weighted by Gasteiger charge is -2.18. The Morgan fingerprint density at radius 1 is 1.11 bits per heavy atom. The summed E-state index contributed by atoms with van der Waals surface area (Å²) in [7, 11) is 3.41. The molecule has 4 rings (SSSR count). The van der Waals surface area contributed by atoms with E-state index in [1.54, 1.807) is 20.4 Å². The Bertz CT molecular complexity index is 1050. The van der Waals surface area contributed by atoms with E-state index in [-0.39, 0.29) is 0 Å². The summed E-state index contributed by atoms with van der Waals surface area (Å²) >= 11 is 1.53. The molecule has 0 bridgehead atoms. The SMILES string of the molecule is CN=c1scc(-c2ccc3c(c2)OCCO3)n1/N=C/c1ccccc1OC. The highest BCUT2D eigenvalue weighted by Gasteiger charge is 2.15. The van der Waals surface area contributed by atoms with Crippen molar-refractivity contribution in [3.8, 4) is 28.5 Å². The maximum absolute atomic E-state index is 5.71. The van der Waals surface area contributed by atoms with Crippen LogP contribution in [0, 0.1) is 0 Å². The minimum Gasteiger partial charge on any atom is -0.496 e. The van der Waals surface area contributed by atoms with Gasteiger partial charge in [-0.1, -0.05) is 12.1 Å². The van der Waals surface area contributed by atoms with Crippen molar-refractivity contribution in [1.82, 2.24) is 4.68 Å². The van der Waals surface area contributed by atoms with E-state index in [4.69, 9.17) is 14.2 Å². The van der Waals surface area contributed by atoms with E-state index in [1.807, 2.05) is 52.5 Å². The van der Waals surface area contributed by atoms with Crippen molar-refractivity contribution in [2.45, 2.75) is 0 Å². The Morgan fingerprint density at radius 3 is 2.74 bits per heavy atom. The van der Waals surface area contributed by atoms with Gasteiger partial charge in [0.1, 0.15) is 19.0 Å². The molecule has 1 aromatic heterocycles. The van der Waals surface area contributed by atoms with Crippen LogP contribution in [-0.4, -0.2) is 38.3 Å². The monoisotopic (exact) mass is 381 g/mol. The minimum absolute atomic E-state index is 0.557. The molecule has 0 aliphatic carbocycles. The van der Waals surface area contributed by atoms with Gasteiger partial charge in [0.05, 0.1) is 19.0 Å². The van der Waals surface area contributed by atoms with Crippen LogP contribution in [0.15, 0.2) is 57.9 Å². The number of benzene rings is 2. The zero-order valence-electron chi connectivity index (χ0n) is 15.1. The highest BCUT2D eigenvalue weighted by Crippen LogP contribution is 2.34. The molecule has 0 fully saturated rings. The second-order valence-corrected chi connectivity index (χ2v) is 6.62. The van der Waals surface area contributed by atoms with E-state index in [0.29, 0.717) is 13.2 Å². The number of rotatable bonds is 4. The Kier molecular flexibility index (Phi) is 4.93. The molecule has 2 heterocycles. The van der Waals surface area contributed by atoms with Gasteiger partial charge < -0.3 is 14.2 Å². The van der Waals surface area contributed by atoms with Crippen LogP contribution in [0.4, 0.5) is 0 Å². The van der Waals surface area contributed by atoms with E-state index in [2.05, 4.69) is 10.1 Å². The fourth-order valence-electron chi connectivity index (χ4n) is 2.86. The van der Waals surface area contributed by atoms with Gasteiger partial charge >= 0.3 is 0 Å². The van der Waals surface area contributed by atoms with Crippen LogP contribution in [0.25, 0.3) is 11.3 Å². The van der Waals surface area contributed by atoms with Crippen molar-refractivity contribution in [3.05, 3.63) is 58.2 Å². The van der Waals surface area contributed by atoms with Crippen molar-refractivity contribution in [1.29, 1.82) is 0 Å². The molecular weight excluding hydrogens is 362 g/mol. The maximum Gasteiger partial charge on any atom is 0.205 e. The molecule has 0 saturated carbocycles. The Balaban J connectivity index is 1.76. The van der Waals surface area contributed by atoms with Crippen LogP contribution in [0.5, 0.6) is 17.2 Å². The molecular formula is C20H19N3O3S. The molecule has 0 amide bonds. The van der Waals surface area contributed by atoms with Gasteiger partial charge in [-0.25, -0.2) is 4.68 Å². The number of para-hydroxylation sites is 1. The van der Waals surface area contributed by atoms with Gasteiger partial charge in [-0.05, 0) is 30.3 Å². The number of thiazole rings is 1. The highest BCUT2D eigenvalue weighted by atomic mass is 32.1. The molecule has 0 radical (unpaired) electrons. The molecule has 0 N–H and O–H groups in total. The largest absolute Gasteiger partial charge is 0.496 e. The van der Waals surface area contributed by atoms with Crippen LogP contribution in [0.3, 0.4) is 0 Å². The number of hydrogen-bond donors (Lipinski definition) is 0.